The SMILES string of the molecule is CC(=O)Nc1cccc(NC(=O)COc2ccc(Br)cc2C(C)=O)c1. The van der Waals surface area contributed by atoms with Gasteiger partial charge in [0.15, 0.2) is 12.4 Å². The molecule has 2 rings (SSSR count). The molecule has 0 saturated carbocycles. The molecule has 6 nitrogen and oxygen atoms in total. The lowest BCUT2D eigenvalue weighted by molar-refractivity contribution is -0.118. The van der Waals surface area contributed by atoms with Crippen molar-refractivity contribution in [2.24, 2.45) is 0 Å². The Bertz CT molecular complexity index is 820. The molecule has 0 aliphatic rings. The summed E-state index contributed by atoms with van der Waals surface area (Å²) < 4.78 is 6.21. The van der Waals surface area contributed by atoms with Crippen LogP contribution in [-0.4, -0.2) is 24.2 Å². The van der Waals surface area contributed by atoms with Gasteiger partial charge in [0.2, 0.25) is 5.91 Å². The van der Waals surface area contributed by atoms with Gasteiger partial charge in [-0.25, -0.2) is 0 Å². The summed E-state index contributed by atoms with van der Waals surface area (Å²) in [5.74, 6) is -0.381. The Morgan fingerprint density at radius 2 is 1.68 bits per heavy atom. The van der Waals surface area contributed by atoms with E-state index in [0.29, 0.717) is 22.7 Å². The summed E-state index contributed by atoms with van der Waals surface area (Å²) in [5.41, 5.74) is 1.51. The molecule has 0 bridgehead atoms. The van der Waals surface area contributed by atoms with Crippen molar-refractivity contribution in [2.75, 3.05) is 17.2 Å². The summed E-state index contributed by atoms with van der Waals surface area (Å²) in [4.78, 5) is 34.8. The number of Topliss-reactive ketones (excluding diaryl/α,β-unsaturated/α-hetero) is 1. The monoisotopic (exact) mass is 404 g/mol. The molecular formula is C18H17BrN2O4. The standard InChI is InChI=1S/C18H17BrN2O4/c1-11(22)16-8-13(19)6-7-17(16)25-10-18(24)21-15-5-3-4-14(9-15)20-12(2)23/h3-9H,10H2,1-2H3,(H,20,23)(H,21,24). The third kappa shape index (κ3) is 5.72. The number of carbonyl (C=O) groups is 3. The second kappa shape index (κ2) is 8.43. The number of carbonyl (C=O) groups excluding carboxylic acids is 3. The molecule has 2 aromatic carbocycles. The third-order valence-corrected chi connectivity index (χ3v) is 3.64. The van der Waals surface area contributed by atoms with E-state index in [2.05, 4.69) is 26.6 Å². The number of halogens is 1. The van der Waals surface area contributed by atoms with Crippen LogP contribution in [0.1, 0.15) is 24.2 Å². The van der Waals surface area contributed by atoms with Crippen LogP contribution in [0, 0.1) is 0 Å². The van der Waals surface area contributed by atoms with Crippen LogP contribution in [0.5, 0.6) is 5.75 Å². The van der Waals surface area contributed by atoms with Gasteiger partial charge in [-0.1, -0.05) is 22.0 Å². The van der Waals surface area contributed by atoms with Crippen molar-refractivity contribution in [1.82, 2.24) is 0 Å². The topological polar surface area (TPSA) is 84.5 Å². The molecule has 25 heavy (non-hydrogen) atoms. The van der Waals surface area contributed by atoms with Crippen LogP contribution in [0.15, 0.2) is 46.9 Å². The number of nitrogens with one attached hydrogen (secondary N) is 2. The Balaban J connectivity index is 2.00. The fraction of sp³-hybridized carbons (Fsp3) is 0.167. The van der Waals surface area contributed by atoms with Crippen LogP contribution in [0.25, 0.3) is 0 Å². The minimum atomic E-state index is -0.377. The maximum absolute atomic E-state index is 12.0. The van der Waals surface area contributed by atoms with Gasteiger partial charge < -0.3 is 15.4 Å². The summed E-state index contributed by atoms with van der Waals surface area (Å²) in [6, 6.07) is 11.8. The lowest BCUT2D eigenvalue weighted by Gasteiger charge is -2.11. The number of hydrogen-bond donors (Lipinski definition) is 2. The summed E-state index contributed by atoms with van der Waals surface area (Å²) in [6.45, 7) is 2.60. The van der Waals surface area contributed by atoms with Crippen molar-refractivity contribution < 1.29 is 19.1 Å². The van der Waals surface area contributed by atoms with Gasteiger partial charge in [0.25, 0.3) is 5.91 Å². The van der Waals surface area contributed by atoms with Crippen molar-refractivity contribution in [3.8, 4) is 5.75 Å². The first kappa shape index (κ1) is 18.7. The second-order valence-electron chi connectivity index (χ2n) is 5.30. The van der Waals surface area contributed by atoms with Crippen molar-refractivity contribution in [1.29, 1.82) is 0 Å². The van der Waals surface area contributed by atoms with E-state index in [1.807, 2.05) is 0 Å². The fourth-order valence-electron chi connectivity index (χ4n) is 2.12. The smallest absolute Gasteiger partial charge is 0.262 e. The average molecular weight is 405 g/mol. The molecule has 0 unspecified atom stereocenters. The van der Waals surface area contributed by atoms with E-state index >= 15 is 0 Å². The molecule has 7 heteroatoms. The van der Waals surface area contributed by atoms with Gasteiger partial charge in [-0.2, -0.15) is 0 Å². The molecule has 2 N–H and O–H groups in total. The lowest BCUT2D eigenvalue weighted by Crippen LogP contribution is -2.21. The molecule has 2 amide bonds. The fourth-order valence-corrected chi connectivity index (χ4v) is 2.48. The second-order valence-corrected chi connectivity index (χ2v) is 6.21. The van der Waals surface area contributed by atoms with Gasteiger partial charge in [0, 0.05) is 22.8 Å². The van der Waals surface area contributed by atoms with E-state index in [-0.39, 0.29) is 24.2 Å². The Morgan fingerprint density at radius 1 is 1.00 bits per heavy atom. The van der Waals surface area contributed by atoms with Crippen LogP contribution in [0.2, 0.25) is 0 Å². The van der Waals surface area contributed by atoms with E-state index in [1.165, 1.54) is 13.8 Å². The molecule has 0 aromatic heterocycles. The number of ether oxygens (including phenoxy) is 1. The predicted molar refractivity (Wildman–Crippen MR) is 99.0 cm³/mol. The van der Waals surface area contributed by atoms with Gasteiger partial charge in [-0.15, -0.1) is 0 Å². The molecule has 0 aliphatic carbocycles. The summed E-state index contributed by atoms with van der Waals surface area (Å²) in [5, 5.41) is 5.31. The first-order chi connectivity index (χ1) is 11.8. The first-order valence-electron chi connectivity index (χ1n) is 7.46. The molecule has 0 heterocycles. The molecule has 0 radical (unpaired) electrons. The quantitative estimate of drug-likeness (QED) is 0.719. The Labute approximate surface area is 153 Å². The van der Waals surface area contributed by atoms with Crippen molar-refractivity contribution in [3.63, 3.8) is 0 Å². The largest absolute Gasteiger partial charge is 0.483 e. The number of hydrogen-bond acceptors (Lipinski definition) is 4. The minimum absolute atomic E-state index is 0.153. The molecule has 130 valence electrons. The normalized spacial score (nSPS) is 10.0. The number of anilines is 2. The van der Waals surface area contributed by atoms with Crippen LogP contribution in [-0.2, 0) is 9.59 Å². The highest BCUT2D eigenvalue weighted by atomic mass is 79.9. The van der Waals surface area contributed by atoms with Gasteiger partial charge in [-0.3, -0.25) is 14.4 Å². The highest BCUT2D eigenvalue weighted by molar-refractivity contribution is 9.10. The predicted octanol–water partition coefficient (Wildman–Crippen LogP) is 3.63. The van der Waals surface area contributed by atoms with E-state index in [9.17, 15) is 14.4 Å². The number of rotatable bonds is 6. The number of amides is 2. The van der Waals surface area contributed by atoms with Gasteiger partial charge in [0.1, 0.15) is 5.75 Å². The summed E-state index contributed by atoms with van der Waals surface area (Å²) in [6.07, 6.45) is 0. The lowest BCUT2D eigenvalue weighted by atomic mass is 10.1. The van der Waals surface area contributed by atoms with Crippen LogP contribution >= 0.6 is 15.9 Å². The van der Waals surface area contributed by atoms with E-state index < -0.39 is 0 Å². The van der Waals surface area contributed by atoms with Gasteiger partial charge >= 0.3 is 0 Å². The molecule has 0 spiro atoms. The maximum Gasteiger partial charge on any atom is 0.262 e. The summed E-state index contributed by atoms with van der Waals surface area (Å²) in [7, 11) is 0. The highest BCUT2D eigenvalue weighted by Crippen LogP contribution is 2.24. The summed E-state index contributed by atoms with van der Waals surface area (Å²) >= 11 is 3.30. The molecule has 0 saturated heterocycles. The highest BCUT2D eigenvalue weighted by Gasteiger charge is 2.11. The van der Waals surface area contributed by atoms with Crippen molar-refractivity contribution in [2.45, 2.75) is 13.8 Å². The zero-order valence-electron chi connectivity index (χ0n) is 13.8. The van der Waals surface area contributed by atoms with E-state index in [4.69, 9.17) is 4.74 Å². The third-order valence-electron chi connectivity index (χ3n) is 3.15. The van der Waals surface area contributed by atoms with E-state index in [0.717, 1.165) is 4.47 Å². The Morgan fingerprint density at radius 3 is 2.32 bits per heavy atom. The molecule has 0 aliphatic heterocycles. The maximum atomic E-state index is 12.0. The van der Waals surface area contributed by atoms with Crippen LogP contribution in [0.3, 0.4) is 0 Å². The molecule has 2 aromatic rings. The van der Waals surface area contributed by atoms with Gasteiger partial charge in [-0.05, 0) is 43.3 Å². The number of ketones is 1. The van der Waals surface area contributed by atoms with E-state index in [1.54, 1.807) is 42.5 Å². The zero-order chi connectivity index (χ0) is 18.4. The minimum Gasteiger partial charge on any atom is -0.483 e. The molecule has 0 fully saturated rings. The van der Waals surface area contributed by atoms with Crippen molar-refractivity contribution in [3.05, 3.63) is 52.5 Å². The Hall–Kier alpha value is -2.67. The number of benzene rings is 2. The Kier molecular flexibility index (Phi) is 6.30. The van der Waals surface area contributed by atoms with Crippen molar-refractivity contribution >= 4 is 44.9 Å². The first-order valence-corrected chi connectivity index (χ1v) is 8.25. The van der Waals surface area contributed by atoms with Gasteiger partial charge in [0.05, 0.1) is 5.56 Å². The molecule has 0 atom stereocenters. The zero-order valence-corrected chi connectivity index (χ0v) is 15.3. The van der Waals surface area contributed by atoms with Crippen LogP contribution in [0.4, 0.5) is 11.4 Å². The average Bonchev–Trinajstić information content (AvgIpc) is 2.53. The van der Waals surface area contributed by atoms with Crippen LogP contribution < -0.4 is 15.4 Å². The molecular weight excluding hydrogens is 388 g/mol.